The molecule has 0 radical (unpaired) electrons. The van der Waals surface area contributed by atoms with Gasteiger partial charge in [0, 0.05) is 0 Å². The Morgan fingerprint density at radius 2 is 0.480 bits per heavy atom. The Morgan fingerprint density at radius 3 is 0.480 bits per heavy atom. The summed E-state index contributed by atoms with van der Waals surface area (Å²) in [6, 6.07) is 0. The predicted molar refractivity (Wildman–Crippen MR) is 53.6 cm³/mol. The smallest absolute Gasteiger partial charge is 0.724 e. The summed E-state index contributed by atoms with van der Waals surface area (Å²) in [5.74, 6) is 0. The molecule has 20 nitrogen and oxygen atoms in total. The van der Waals surface area contributed by atoms with Crippen molar-refractivity contribution in [3.63, 3.8) is 0 Å². The average molecular weight is 544 g/mol. The van der Waals surface area contributed by atoms with Gasteiger partial charge in [0.25, 0.3) is 0 Å². The fourth-order valence-electron chi connectivity index (χ4n) is 0. The fourth-order valence-corrected chi connectivity index (χ4v) is 0. The minimum Gasteiger partial charge on any atom is -0.724 e. The minimum absolute atomic E-state index is 0. The topological polar surface area (TPSA) is 347 Å². The van der Waals surface area contributed by atoms with E-state index in [0.29, 0.717) is 0 Å². The predicted octanol–water partition coefficient (Wildman–Crippen LogP) is -4.26. The van der Waals surface area contributed by atoms with Crippen LogP contribution >= 0.6 is 0 Å². The van der Waals surface area contributed by atoms with E-state index in [0.717, 1.165) is 0 Å². The van der Waals surface area contributed by atoms with Gasteiger partial charge in [-0.05, 0) is 0 Å². The number of hydrogen-bond donors (Lipinski definition) is 4. The first-order chi connectivity index (χ1) is 10.2. The maximum Gasteiger partial charge on any atom is 4.00 e. The fraction of sp³-hybridized carbons (Fsp3) is 0. The van der Waals surface area contributed by atoms with Gasteiger partial charge >= 0.3 is 26.2 Å². The van der Waals surface area contributed by atoms with E-state index >= 15 is 0 Å². The van der Waals surface area contributed by atoms with Gasteiger partial charge in [-0.25, -0.2) is 54.7 Å². The van der Waals surface area contributed by atoms with E-state index in [4.69, 9.17) is 72.9 Å². The normalized spacial score (nSPS) is 11.2. The van der Waals surface area contributed by atoms with Gasteiger partial charge < -0.3 is 18.2 Å². The Hall–Kier alpha value is 0.203. The summed E-state index contributed by atoms with van der Waals surface area (Å²) in [6.45, 7) is 0. The minimum atomic E-state index is -4.86. The SMILES string of the molecule is O=S(=O)([O-])OO.O=S(=O)([O-])OO.O=S(=O)([O-])OO.O=S(=O)([O-])OO.[Zr+4]. The summed E-state index contributed by atoms with van der Waals surface area (Å²) in [5.41, 5.74) is 0. The van der Waals surface area contributed by atoms with Crippen LogP contribution in [0.5, 0.6) is 0 Å². The molecule has 0 aromatic rings. The second-order valence-corrected chi connectivity index (χ2v) is 5.79. The van der Waals surface area contributed by atoms with Gasteiger partial charge in [0.15, 0.2) is 0 Å². The van der Waals surface area contributed by atoms with Crippen LogP contribution in [-0.2, 0) is 85.1 Å². The molecule has 25 heavy (non-hydrogen) atoms. The van der Waals surface area contributed by atoms with Crippen molar-refractivity contribution in [1.82, 2.24) is 0 Å². The molecule has 4 N–H and O–H groups in total. The molecule has 0 aliphatic rings. The van der Waals surface area contributed by atoms with Crippen LogP contribution in [0.25, 0.3) is 0 Å². The van der Waals surface area contributed by atoms with Crippen LogP contribution in [-0.4, -0.2) is 72.9 Å². The molecule has 0 saturated carbocycles. The van der Waals surface area contributed by atoms with E-state index in [1.807, 2.05) is 0 Å². The summed E-state index contributed by atoms with van der Waals surface area (Å²) in [7, 11) is -19.4. The van der Waals surface area contributed by atoms with Crippen LogP contribution in [0.4, 0.5) is 0 Å². The first kappa shape index (κ1) is 36.2. The molecule has 0 aliphatic carbocycles. The zero-order valence-electron chi connectivity index (χ0n) is 10.5. The second-order valence-electron chi connectivity index (χ2n) is 1.93. The van der Waals surface area contributed by atoms with Gasteiger partial charge in [0.2, 0.25) is 41.6 Å². The van der Waals surface area contributed by atoms with E-state index in [-0.39, 0.29) is 26.2 Å². The average Bonchev–Trinajstić information content (AvgIpc) is 2.37. The van der Waals surface area contributed by atoms with E-state index in [1.165, 1.54) is 0 Å². The second kappa shape index (κ2) is 16.4. The Bertz CT molecular complexity index is 558. The molecular formula is H4O20S4Zr. The molecular weight excluding hydrogens is 539 g/mol. The van der Waals surface area contributed by atoms with Crippen LogP contribution in [0.1, 0.15) is 0 Å². The Labute approximate surface area is 157 Å². The molecule has 0 aromatic heterocycles. The van der Waals surface area contributed by atoms with E-state index in [2.05, 4.69) is 17.3 Å². The van der Waals surface area contributed by atoms with Gasteiger partial charge in [-0.3, -0.25) is 0 Å². The van der Waals surface area contributed by atoms with Gasteiger partial charge in [0.05, 0.1) is 0 Å². The third kappa shape index (κ3) is 80.1. The van der Waals surface area contributed by atoms with Crippen LogP contribution in [0, 0.1) is 0 Å². The van der Waals surface area contributed by atoms with Crippen LogP contribution < -0.4 is 0 Å². The van der Waals surface area contributed by atoms with E-state index < -0.39 is 41.6 Å². The van der Waals surface area contributed by atoms with Crippen molar-refractivity contribution in [2.45, 2.75) is 0 Å². The standard InChI is InChI=1S/4H2O5S.Zr/c4*1-5-6(2,3)4;/h4*1H,(H,2,3,4);/q;;;;+4/p-4. The Morgan fingerprint density at radius 1 is 0.440 bits per heavy atom. The third-order valence-corrected chi connectivity index (χ3v) is 1.10. The summed E-state index contributed by atoms with van der Waals surface area (Å²) in [4.78, 5) is 0. The number of rotatable bonds is 4. The Kier molecular flexibility index (Phi) is 23.7. The Balaban J connectivity index is -0.0000000702. The quantitative estimate of drug-likeness (QED) is 0.113. The molecule has 0 heterocycles. The molecule has 0 saturated heterocycles. The molecule has 0 bridgehead atoms. The van der Waals surface area contributed by atoms with Crippen LogP contribution in [0.15, 0.2) is 0 Å². The van der Waals surface area contributed by atoms with Crippen molar-refractivity contribution < 1.29 is 116 Å². The zero-order chi connectivity index (χ0) is 20.8. The molecule has 0 aromatic carbocycles. The van der Waals surface area contributed by atoms with Crippen molar-refractivity contribution in [2.75, 3.05) is 0 Å². The molecule has 0 spiro atoms. The van der Waals surface area contributed by atoms with E-state index in [1.54, 1.807) is 0 Å². The van der Waals surface area contributed by atoms with Crippen molar-refractivity contribution in [2.24, 2.45) is 0 Å². The van der Waals surface area contributed by atoms with Crippen molar-refractivity contribution in [3.8, 4) is 0 Å². The van der Waals surface area contributed by atoms with Crippen LogP contribution in [0.3, 0.4) is 0 Å². The molecule has 0 aliphatic heterocycles. The number of hydrogen-bond acceptors (Lipinski definition) is 20. The first-order valence-corrected chi connectivity index (χ1v) is 8.73. The van der Waals surface area contributed by atoms with Crippen molar-refractivity contribution in [1.29, 1.82) is 0 Å². The summed E-state index contributed by atoms with van der Waals surface area (Å²) in [6.07, 6.45) is 0. The van der Waals surface area contributed by atoms with Gasteiger partial charge in [-0.15, -0.1) is 17.3 Å². The molecule has 0 rings (SSSR count). The summed E-state index contributed by atoms with van der Waals surface area (Å²) < 4.78 is 117. The summed E-state index contributed by atoms with van der Waals surface area (Å²) >= 11 is 0. The molecule has 152 valence electrons. The van der Waals surface area contributed by atoms with Gasteiger partial charge in [-0.1, -0.05) is 0 Å². The molecule has 25 heteroatoms. The monoisotopic (exact) mass is 542 g/mol. The van der Waals surface area contributed by atoms with Crippen molar-refractivity contribution >= 4 is 41.6 Å². The zero-order valence-corrected chi connectivity index (χ0v) is 16.2. The van der Waals surface area contributed by atoms with Crippen molar-refractivity contribution in [3.05, 3.63) is 0 Å². The first-order valence-electron chi connectivity index (χ1n) is 3.40. The van der Waals surface area contributed by atoms with Gasteiger partial charge in [-0.2, -0.15) is 0 Å². The molecule has 0 fully saturated rings. The molecule has 0 unspecified atom stereocenters. The summed E-state index contributed by atoms with van der Waals surface area (Å²) in [5, 5.41) is 28.0. The van der Waals surface area contributed by atoms with Crippen LogP contribution in [0.2, 0.25) is 0 Å². The largest absolute Gasteiger partial charge is 4.00 e. The molecule has 0 amide bonds. The van der Waals surface area contributed by atoms with Gasteiger partial charge in [0.1, 0.15) is 0 Å². The maximum absolute atomic E-state index is 8.97. The van der Waals surface area contributed by atoms with E-state index in [9.17, 15) is 0 Å². The maximum atomic E-state index is 8.97. The molecule has 0 atom stereocenters. The third-order valence-electron chi connectivity index (χ3n) is 0.365.